The summed E-state index contributed by atoms with van der Waals surface area (Å²) in [5.74, 6) is 7.36. The summed E-state index contributed by atoms with van der Waals surface area (Å²) in [5, 5.41) is 0. The Morgan fingerprint density at radius 2 is 1.80 bits per heavy atom. The maximum Gasteiger partial charge on any atom is 0.0490 e. The summed E-state index contributed by atoms with van der Waals surface area (Å²) in [4.78, 5) is 0. The van der Waals surface area contributed by atoms with Gasteiger partial charge in [-0.2, -0.15) is 0 Å². The van der Waals surface area contributed by atoms with E-state index in [0.29, 0.717) is 12.0 Å². The highest BCUT2D eigenvalue weighted by Crippen LogP contribution is 2.41. The Morgan fingerprint density at radius 1 is 1.15 bits per heavy atom. The van der Waals surface area contributed by atoms with Crippen molar-refractivity contribution >= 4 is 0 Å². The van der Waals surface area contributed by atoms with Crippen LogP contribution in [-0.2, 0) is 0 Å². The first-order valence-electron chi connectivity index (χ1n) is 8.36. The number of benzene rings is 1. The van der Waals surface area contributed by atoms with Gasteiger partial charge in [0.15, 0.2) is 0 Å². The summed E-state index contributed by atoms with van der Waals surface area (Å²) in [7, 11) is 0. The van der Waals surface area contributed by atoms with E-state index < -0.39 is 0 Å². The molecule has 112 valence electrons. The van der Waals surface area contributed by atoms with Crippen LogP contribution >= 0.6 is 0 Å². The van der Waals surface area contributed by atoms with E-state index in [1.807, 2.05) is 0 Å². The van der Waals surface area contributed by atoms with E-state index in [2.05, 4.69) is 43.5 Å². The normalized spacial score (nSPS) is 17.2. The standard InChI is InChI=1S/C18H30N2/c1-3-8-15(9-4-2)18(20-19)17-13-6-5-12-16(17)14-10-7-11-14/h5-6,12-15,18,20H,3-4,7-11,19H2,1-2H3. The summed E-state index contributed by atoms with van der Waals surface area (Å²) < 4.78 is 0. The molecule has 3 N–H and O–H groups in total. The molecule has 1 aliphatic carbocycles. The van der Waals surface area contributed by atoms with Crippen molar-refractivity contribution in [2.75, 3.05) is 0 Å². The Hall–Kier alpha value is -0.860. The molecule has 1 unspecified atom stereocenters. The van der Waals surface area contributed by atoms with Gasteiger partial charge in [-0.15, -0.1) is 0 Å². The third-order valence-electron chi connectivity index (χ3n) is 4.85. The number of hydrazine groups is 1. The van der Waals surface area contributed by atoms with Crippen LogP contribution in [0.2, 0.25) is 0 Å². The van der Waals surface area contributed by atoms with Crippen molar-refractivity contribution in [2.45, 2.75) is 70.8 Å². The van der Waals surface area contributed by atoms with E-state index in [-0.39, 0.29) is 0 Å². The molecule has 1 aromatic carbocycles. The lowest BCUT2D eigenvalue weighted by atomic mass is 9.75. The molecule has 0 radical (unpaired) electrons. The predicted octanol–water partition coefficient (Wildman–Crippen LogP) is 4.67. The lowest BCUT2D eigenvalue weighted by molar-refractivity contribution is 0.313. The number of hydrogen-bond acceptors (Lipinski definition) is 2. The average Bonchev–Trinajstić information content (AvgIpc) is 2.40. The van der Waals surface area contributed by atoms with Gasteiger partial charge in [-0.05, 0) is 48.6 Å². The van der Waals surface area contributed by atoms with Gasteiger partial charge in [0.05, 0.1) is 0 Å². The van der Waals surface area contributed by atoms with Crippen LogP contribution in [0.25, 0.3) is 0 Å². The summed E-state index contributed by atoms with van der Waals surface area (Å²) >= 11 is 0. The minimum Gasteiger partial charge on any atom is -0.271 e. The van der Waals surface area contributed by atoms with Crippen LogP contribution in [0, 0.1) is 5.92 Å². The monoisotopic (exact) mass is 274 g/mol. The van der Waals surface area contributed by atoms with Crippen LogP contribution in [0.15, 0.2) is 24.3 Å². The van der Waals surface area contributed by atoms with Crippen molar-refractivity contribution in [3.63, 3.8) is 0 Å². The smallest absolute Gasteiger partial charge is 0.0490 e. The largest absolute Gasteiger partial charge is 0.271 e. The van der Waals surface area contributed by atoms with Crippen LogP contribution in [-0.4, -0.2) is 0 Å². The van der Waals surface area contributed by atoms with E-state index in [1.54, 1.807) is 5.56 Å². The van der Waals surface area contributed by atoms with Crippen molar-refractivity contribution in [3.8, 4) is 0 Å². The third-order valence-corrected chi connectivity index (χ3v) is 4.85. The molecule has 0 amide bonds. The zero-order valence-electron chi connectivity index (χ0n) is 13.1. The van der Waals surface area contributed by atoms with Crippen LogP contribution in [0.1, 0.15) is 81.9 Å². The SMILES string of the molecule is CCCC(CCC)C(NN)c1ccccc1C1CCC1. The van der Waals surface area contributed by atoms with Crippen LogP contribution in [0.4, 0.5) is 0 Å². The average molecular weight is 274 g/mol. The Kier molecular flexibility index (Phi) is 6.06. The Morgan fingerprint density at radius 3 is 2.30 bits per heavy atom. The fourth-order valence-electron chi connectivity index (χ4n) is 3.58. The van der Waals surface area contributed by atoms with Crippen molar-refractivity contribution in [2.24, 2.45) is 11.8 Å². The molecular weight excluding hydrogens is 244 g/mol. The zero-order chi connectivity index (χ0) is 14.4. The maximum absolute atomic E-state index is 5.94. The first kappa shape index (κ1) is 15.5. The van der Waals surface area contributed by atoms with E-state index in [0.717, 1.165) is 5.92 Å². The van der Waals surface area contributed by atoms with Gasteiger partial charge in [0, 0.05) is 6.04 Å². The van der Waals surface area contributed by atoms with Gasteiger partial charge in [-0.25, -0.2) is 0 Å². The number of hydrogen-bond donors (Lipinski definition) is 2. The molecule has 0 saturated heterocycles. The van der Waals surface area contributed by atoms with Gasteiger partial charge < -0.3 is 0 Å². The highest BCUT2D eigenvalue weighted by molar-refractivity contribution is 5.34. The Bertz CT molecular complexity index is 392. The maximum atomic E-state index is 5.94. The molecule has 0 aliphatic heterocycles. The Labute approximate surface area is 124 Å². The van der Waals surface area contributed by atoms with Gasteiger partial charge >= 0.3 is 0 Å². The molecular formula is C18H30N2. The third kappa shape index (κ3) is 3.42. The van der Waals surface area contributed by atoms with Crippen molar-refractivity contribution in [1.29, 1.82) is 0 Å². The van der Waals surface area contributed by atoms with Crippen LogP contribution in [0.3, 0.4) is 0 Å². The topological polar surface area (TPSA) is 38.0 Å². The molecule has 0 bridgehead atoms. The van der Waals surface area contributed by atoms with E-state index in [1.165, 1.54) is 50.5 Å². The first-order chi connectivity index (χ1) is 9.81. The Balaban J connectivity index is 2.25. The van der Waals surface area contributed by atoms with E-state index >= 15 is 0 Å². The minimum atomic E-state index is 0.312. The van der Waals surface area contributed by atoms with Crippen molar-refractivity contribution < 1.29 is 0 Å². The fourth-order valence-corrected chi connectivity index (χ4v) is 3.58. The first-order valence-corrected chi connectivity index (χ1v) is 8.36. The molecule has 1 atom stereocenters. The molecule has 1 saturated carbocycles. The molecule has 0 spiro atoms. The second-order valence-electron chi connectivity index (χ2n) is 6.24. The van der Waals surface area contributed by atoms with Gasteiger partial charge in [0.1, 0.15) is 0 Å². The highest BCUT2D eigenvalue weighted by Gasteiger charge is 2.27. The van der Waals surface area contributed by atoms with Crippen LogP contribution in [0.5, 0.6) is 0 Å². The number of nitrogens with one attached hydrogen (secondary N) is 1. The fraction of sp³-hybridized carbons (Fsp3) is 0.667. The number of nitrogens with two attached hydrogens (primary N) is 1. The van der Waals surface area contributed by atoms with Crippen molar-refractivity contribution in [3.05, 3.63) is 35.4 Å². The number of rotatable bonds is 8. The van der Waals surface area contributed by atoms with E-state index in [9.17, 15) is 0 Å². The second-order valence-corrected chi connectivity index (χ2v) is 6.24. The van der Waals surface area contributed by atoms with Gasteiger partial charge in [0.25, 0.3) is 0 Å². The van der Waals surface area contributed by atoms with E-state index in [4.69, 9.17) is 5.84 Å². The predicted molar refractivity (Wildman–Crippen MR) is 86.4 cm³/mol. The molecule has 2 nitrogen and oxygen atoms in total. The summed E-state index contributed by atoms with van der Waals surface area (Å²) in [6.45, 7) is 4.54. The molecule has 0 heterocycles. The second kappa shape index (κ2) is 7.80. The molecule has 2 rings (SSSR count). The molecule has 1 aromatic rings. The highest BCUT2D eigenvalue weighted by atomic mass is 15.2. The molecule has 2 heteroatoms. The summed E-state index contributed by atoms with van der Waals surface area (Å²) in [6, 6.07) is 9.26. The van der Waals surface area contributed by atoms with Crippen LogP contribution < -0.4 is 11.3 Å². The lowest BCUT2D eigenvalue weighted by Gasteiger charge is -2.33. The summed E-state index contributed by atoms with van der Waals surface area (Å²) in [5.41, 5.74) is 6.12. The van der Waals surface area contributed by atoms with Gasteiger partial charge in [-0.1, -0.05) is 57.4 Å². The molecule has 1 aliphatic rings. The molecule has 20 heavy (non-hydrogen) atoms. The lowest BCUT2D eigenvalue weighted by Crippen LogP contribution is -2.34. The zero-order valence-corrected chi connectivity index (χ0v) is 13.1. The van der Waals surface area contributed by atoms with Crippen molar-refractivity contribution in [1.82, 2.24) is 5.43 Å². The molecule has 0 aromatic heterocycles. The van der Waals surface area contributed by atoms with Gasteiger partial charge in [-0.3, -0.25) is 11.3 Å². The quantitative estimate of drug-likeness (QED) is 0.534. The van der Waals surface area contributed by atoms with Gasteiger partial charge in [0.2, 0.25) is 0 Å². The molecule has 1 fully saturated rings. The minimum absolute atomic E-state index is 0.312. The summed E-state index contributed by atoms with van der Waals surface area (Å²) in [6.07, 6.45) is 9.04.